The lowest BCUT2D eigenvalue weighted by Crippen LogP contribution is -2.53. The number of allylic oxidation sites excluding steroid dienone is 2. The monoisotopic (exact) mass is 464 g/mol. The van der Waals surface area contributed by atoms with Crippen molar-refractivity contribution in [1.82, 2.24) is 9.78 Å². The molecule has 6 atom stereocenters. The summed E-state index contributed by atoms with van der Waals surface area (Å²) in [6, 6.07) is 0. The maximum Gasteiger partial charge on any atom is 0.0715 e. The van der Waals surface area contributed by atoms with Crippen molar-refractivity contribution in [2.75, 3.05) is 0 Å². The second-order valence-electron chi connectivity index (χ2n) is 14.7. The van der Waals surface area contributed by atoms with E-state index in [2.05, 4.69) is 73.3 Å². The molecular formula is C32H52N2. The molecule has 1 fully saturated rings. The van der Waals surface area contributed by atoms with Crippen molar-refractivity contribution in [3.63, 3.8) is 0 Å². The van der Waals surface area contributed by atoms with Crippen molar-refractivity contribution >= 4 is 0 Å². The zero-order valence-corrected chi connectivity index (χ0v) is 23.9. The van der Waals surface area contributed by atoms with Crippen LogP contribution in [0.15, 0.2) is 17.3 Å². The summed E-state index contributed by atoms with van der Waals surface area (Å²) in [4.78, 5) is 0. The van der Waals surface area contributed by atoms with E-state index < -0.39 is 0 Å². The number of nitrogens with zero attached hydrogens (tertiary/aromatic N) is 2. The van der Waals surface area contributed by atoms with Gasteiger partial charge in [-0.2, -0.15) is 5.10 Å². The van der Waals surface area contributed by atoms with Crippen LogP contribution in [0.5, 0.6) is 0 Å². The van der Waals surface area contributed by atoms with E-state index >= 15 is 0 Å². The van der Waals surface area contributed by atoms with Crippen LogP contribution in [0.3, 0.4) is 0 Å². The molecule has 190 valence electrons. The summed E-state index contributed by atoms with van der Waals surface area (Å²) in [6.45, 7) is 20.4. The van der Waals surface area contributed by atoms with Gasteiger partial charge in [0.05, 0.1) is 5.69 Å². The summed E-state index contributed by atoms with van der Waals surface area (Å²) in [6.07, 6.45) is 16.1. The lowest BCUT2D eigenvalue weighted by Gasteiger charge is -2.60. The normalized spacial score (nSPS) is 39.5. The first-order valence-electron chi connectivity index (χ1n) is 14.6. The van der Waals surface area contributed by atoms with Crippen LogP contribution in [0.25, 0.3) is 0 Å². The van der Waals surface area contributed by atoms with Gasteiger partial charge in [0.25, 0.3) is 0 Å². The minimum Gasteiger partial charge on any atom is -0.275 e. The van der Waals surface area contributed by atoms with E-state index in [0.717, 1.165) is 17.8 Å². The first-order chi connectivity index (χ1) is 15.8. The van der Waals surface area contributed by atoms with Crippen LogP contribution in [0.4, 0.5) is 0 Å². The van der Waals surface area contributed by atoms with E-state index in [1.165, 1.54) is 75.5 Å². The largest absolute Gasteiger partial charge is 0.275 e. The molecule has 1 heterocycles. The number of fused-ring (bicyclic) bond motifs is 5. The van der Waals surface area contributed by atoms with Gasteiger partial charge in [-0.05, 0) is 90.4 Å². The molecule has 0 spiro atoms. The Morgan fingerprint density at radius 1 is 0.971 bits per heavy atom. The van der Waals surface area contributed by atoms with Crippen LogP contribution in [0.1, 0.15) is 124 Å². The molecule has 34 heavy (non-hydrogen) atoms. The Morgan fingerprint density at radius 2 is 1.71 bits per heavy atom. The van der Waals surface area contributed by atoms with Gasteiger partial charge in [-0.3, -0.25) is 4.68 Å². The van der Waals surface area contributed by atoms with Crippen LogP contribution in [0.2, 0.25) is 0 Å². The second kappa shape index (κ2) is 7.97. The molecule has 1 saturated carbocycles. The molecular weight excluding hydrogens is 412 g/mol. The predicted molar refractivity (Wildman–Crippen MR) is 144 cm³/mol. The predicted octanol–water partition coefficient (Wildman–Crippen LogP) is 8.65. The fourth-order valence-electron chi connectivity index (χ4n) is 10.3. The van der Waals surface area contributed by atoms with Crippen molar-refractivity contribution < 1.29 is 0 Å². The lowest BCUT2D eigenvalue weighted by molar-refractivity contribution is 0.0136. The SMILES string of the molecule is CC(C)CCC[C@@H](C)[C@H]1CC[C@@]2(C)C3=C(CC[C@]12C)[C@@]1(C)Cc2cn(C)nc2C(C)(C)[C@@H]1CC3. The minimum atomic E-state index is 0.160. The number of hydrogen-bond acceptors (Lipinski definition) is 1. The zero-order chi connectivity index (χ0) is 24.7. The molecule has 1 aromatic heterocycles. The van der Waals surface area contributed by atoms with Gasteiger partial charge in [-0.1, -0.05) is 85.8 Å². The topological polar surface area (TPSA) is 17.8 Å². The maximum absolute atomic E-state index is 4.97. The first-order valence-corrected chi connectivity index (χ1v) is 14.6. The van der Waals surface area contributed by atoms with Crippen molar-refractivity contribution in [1.29, 1.82) is 0 Å². The van der Waals surface area contributed by atoms with Crippen LogP contribution < -0.4 is 0 Å². The molecule has 2 nitrogen and oxygen atoms in total. The van der Waals surface area contributed by atoms with Crippen LogP contribution in [0, 0.1) is 39.9 Å². The summed E-state index contributed by atoms with van der Waals surface area (Å²) in [5.41, 5.74) is 8.05. The molecule has 0 aliphatic heterocycles. The first kappa shape index (κ1) is 24.6. The number of aryl methyl sites for hydroxylation is 1. The van der Waals surface area contributed by atoms with E-state index in [0.29, 0.717) is 22.2 Å². The number of rotatable bonds is 5. The Kier molecular flexibility index (Phi) is 5.78. The lowest BCUT2D eigenvalue weighted by atomic mass is 9.43. The molecule has 1 aromatic rings. The smallest absolute Gasteiger partial charge is 0.0715 e. The summed E-state index contributed by atoms with van der Waals surface area (Å²) in [5, 5.41) is 4.97. The summed E-state index contributed by atoms with van der Waals surface area (Å²) >= 11 is 0. The Morgan fingerprint density at radius 3 is 2.41 bits per heavy atom. The molecule has 2 heteroatoms. The van der Waals surface area contributed by atoms with Gasteiger partial charge < -0.3 is 0 Å². The van der Waals surface area contributed by atoms with Crippen molar-refractivity contribution in [2.45, 2.75) is 125 Å². The fraction of sp³-hybridized carbons (Fsp3) is 0.844. The maximum atomic E-state index is 4.97. The second-order valence-corrected chi connectivity index (χ2v) is 14.7. The zero-order valence-electron chi connectivity index (χ0n) is 23.9. The highest BCUT2D eigenvalue weighted by molar-refractivity contribution is 5.44. The molecule has 0 amide bonds. The van der Waals surface area contributed by atoms with Crippen molar-refractivity contribution in [3.8, 4) is 0 Å². The summed E-state index contributed by atoms with van der Waals surface area (Å²) < 4.78 is 2.07. The highest BCUT2D eigenvalue weighted by Crippen LogP contribution is 2.72. The molecule has 0 saturated heterocycles. The molecule has 0 radical (unpaired) electrons. The van der Waals surface area contributed by atoms with Gasteiger partial charge in [0.1, 0.15) is 0 Å². The van der Waals surface area contributed by atoms with Crippen LogP contribution >= 0.6 is 0 Å². The van der Waals surface area contributed by atoms with Gasteiger partial charge in [0.15, 0.2) is 0 Å². The average molecular weight is 465 g/mol. The molecule has 4 aliphatic rings. The standard InChI is InChI=1S/C32H52N2/c1-21(2)11-10-12-22(3)24-15-17-32(8)26-13-14-27-29(4,5)28-23(20-34(9)33-28)19-30(27,6)25(26)16-18-31(24,32)7/h20-22,24,27H,10-19H2,1-9H3/t22-,24-,27+,30-,31-,32+/m1/s1. The third-order valence-electron chi connectivity index (χ3n) is 12.2. The summed E-state index contributed by atoms with van der Waals surface area (Å²) in [7, 11) is 2.11. The number of aromatic nitrogens is 2. The van der Waals surface area contributed by atoms with Gasteiger partial charge in [0, 0.05) is 18.7 Å². The Labute approximate surface area is 210 Å². The molecule has 0 bridgehead atoms. The molecule has 5 rings (SSSR count). The van der Waals surface area contributed by atoms with E-state index in [-0.39, 0.29) is 5.41 Å². The van der Waals surface area contributed by atoms with E-state index in [1.807, 2.05) is 11.1 Å². The Bertz CT molecular complexity index is 979. The molecule has 4 aliphatic carbocycles. The van der Waals surface area contributed by atoms with E-state index in [1.54, 1.807) is 0 Å². The third kappa shape index (κ3) is 3.28. The van der Waals surface area contributed by atoms with Crippen molar-refractivity contribution in [2.24, 2.45) is 47.0 Å². The third-order valence-corrected chi connectivity index (χ3v) is 12.2. The van der Waals surface area contributed by atoms with Gasteiger partial charge in [-0.25, -0.2) is 0 Å². The van der Waals surface area contributed by atoms with Crippen LogP contribution in [-0.2, 0) is 18.9 Å². The molecule has 0 unspecified atom stereocenters. The Balaban J connectivity index is 1.49. The van der Waals surface area contributed by atoms with E-state index in [9.17, 15) is 0 Å². The highest BCUT2D eigenvalue weighted by atomic mass is 15.3. The van der Waals surface area contributed by atoms with Crippen LogP contribution in [-0.4, -0.2) is 9.78 Å². The van der Waals surface area contributed by atoms with Gasteiger partial charge in [-0.15, -0.1) is 0 Å². The molecule has 0 aromatic carbocycles. The number of hydrogen-bond donors (Lipinski definition) is 0. The van der Waals surface area contributed by atoms with Gasteiger partial charge >= 0.3 is 0 Å². The quantitative estimate of drug-likeness (QED) is 0.399. The average Bonchev–Trinajstić information content (AvgIpc) is 3.24. The Hall–Kier alpha value is -1.05. The minimum absolute atomic E-state index is 0.160. The summed E-state index contributed by atoms with van der Waals surface area (Å²) in [5.74, 6) is 3.32. The fourth-order valence-corrected chi connectivity index (χ4v) is 10.3. The molecule has 0 N–H and O–H groups in total. The van der Waals surface area contributed by atoms with E-state index in [4.69, 9.17) is 5.10 Å². The highest BCUT2D eigenvalue weighted by Gasteiger charge is 2.63. The van der Waals surface area contributed by atoms with Gasteiger partial charge in [0.2, 0.25) is 0 Å². The van der Waals surface area contributed by atoms with Crippen molar-refractivity contribution in [3.05, 3.63) is 28.6 Å².